The van der Waals surface area contributed by atoms with Gasteiger partial charge in [-0.05, 0) is 23.5 Å². The second-order valence-corrected chi connectivity index (χ2v) is 6.17. The largest absolute Gasteiger partial charge is 0.396 e. The van der Waals surface area contributed by atoms with Crippen LogP contribution in [-0.2, 0) is 11.3 Å². The number of aliphatic hydroxyl groups excluding tert-OH is 1. The average molecular weight is 291 g/mol. The lowest BCUT2D eigenvalue weighted by Crippen LogP contribution is -2.41. The van der Waals surface area contributed by atoms with Crippen LogP contribution in [0.25, 0.3) is 0 Å². The van der Waals surface area contributed by atoms with E-state index in [1.807, 2.05) is 18.5 Å². The zero-order chi connectivity index (χ0) is 14.5. The Kier molecular flexibility index (Phi) is 5.19. The Morgan fingerprint density at radius 2 is 2.00 bits per heavy atom. The van der Waals surface area contributed by atoms with E-state index in [0.29, 0.717) is 18.4 Å². The lowest BCUT2D eigenvalue weighted by molar-refractivity contribution is 0.0264. The fourth-order valence-corrected chi connectivity index (χ4v) is 3.44. The van der Waals surface area contributed by atoms with Crippen molar-refractivity contribution in [2.24, 2.45) is 11.8 Å². The van der Waals surface area contributed by atoms with Gasteiger partial charge in [0.1, 0.15) is 0 Å². The minimum atomic E-state index is 0.290. The molecule has 0 aliphatic carbocycles. The van der Waals surface area contributed by atoms with E-state index in [1.54, 1.807) is 0 Å². The van der Waals surface area contributed by atoms with Crippen molar-refractivity contribution >= 4 is 0 Å². The summed E-state index contributed by atoms with van der Waals surface area (Å²) in [5.74, 6) is 0.953. The van der Waals surface area contributed by atoms with Gasteiger partial charge >= 0.3 is 0 Å². The van der Waals surface area contributed by atoms with E-state index in [0.717, 1.165) is 52.5 Å². The number of nitrogens with zero attached hydrogens (tertiary/aromatic N) is 3. The summed E-state index contributed by atoms with van der Waals surface area (Å²) in [6, 6.07) is 4.11. The molecule has 0 bridgehead atoms. The van der Waals surface area contributed by atoms with Crippen LogP contribution in [0.4, 0.5) is 0 Å². The minimum absolute atomic E-state index is 0.290. The Balaban J connectivity index is 1.55. The molecule has 0 unspecified atom stereocenters. The van der Waals surface area contributed by atoms with Gasteiger partial charge in [0, 0.05) is 58.3 Å². The quantitative estimate of drug-likeness (QED) is 0.854. The normalized spacial score (nSPS) is 28.0. The summed E-state index contributed by atoms with van der Waals surface area (Å²) >= 11 is 0. The van der Waals surface area contributed by atoms with Gasteiger partial charge in [0.05, 0.1) is 13.2 Å². The summed E-state index contributed by atoms with van der Waals surface area (Å²) in [5, 5.41) is 9.67. The molecular formula is C16H25N3O2. The number of likely N-dealkylation sites (tertiary alicyclic amines) is 1. The van der Waals surface area contributed by atoms with E-state index in [9.17, 15) is 5.11 Å². The van der Waals surface area contributed by atoms with Crippen molar-refractivity contribution in [3.63, 3.8) is 0 Å². The van der Waals surface area contributed by atoms with Gasteiger partial charge in [0.25, 0.3) is 0 Å². The van der Waals surface area contributed by atoms with E-state index in [4.69, 9.17) is 4.74 Å². The van der Waals surface area contributed by atoms with Crippen LogP contribution in [0, 0.1) is 11.8 Å². The predicted octanol–water partition coefficient (Wildman–Crippen LogP) is 0.454. The summed E-state index contributed by atoms with van der Waals surface area (Å²) in [7, 11) is 0. The van der Waals surface area contributed by atoms with Crippen molar-refractivity contribution in [3.05, 3.63) is 30.1 Å². The molecule has 1 aromatic heterocycles. The highest BCUT2D eigenvalue weighted by Gasteiger charge is 2.33. The third kappa shape index (κ3) is 4.01. The molecule has 0 saturated carbocycles. The summed E-state index contributed by atoms with van der Waals surface area (Å²) in [6.07, 6.45) is 3.74. The smallest absolute Gasteiger partial charge is 0.0594 e. The Labute approximate surface area is 126 Å². The molecule has 1 aromatic rings. The van der Waals surface area contributed by atoms with Crippen LogP contribution in [0.1, 0.15) is 5.56 Å². The van der Waals surface area contributed by atoms with Crippen LogP contribution < -0.4 is 0 Å². The fraction of sp³-hybridized carbons (Fsp3) is 0.688. The first kappa shape index (κ1) is 14.9. The number of aromatic nitrogens is 1. The number of morpholine rings is 1. The van der Waals surface area contributed by atoms with Crippen molar-refractivity contribution < 1.29 is 9.84 Å². The van der Waals surface area contributed by atoms with E-state index in [2.05, 4.69) is 20.9 Å². The third-order valence-electron chi connectivity index (χ3n) is 4.61. The standard InChI is InChI=1S/C16H25N3O2/c20-13-16-12-19(9-14-2-1-3-17-8-14)11-15(16)10-18-4-6-21-7-5-18/h1-3,8,15-16,20H,4-7,9-13H2/t15-,16-/m0/s1. The Morgan fingerprint density at radius 3 is 2.71 bits per heavy atom. The Morgan fingerprint density at radius 1 is 1.19 bits per heavy atom. The summed E-state index contributed by atoms with van der Waals surface area (Å²) in [5.41, 5.74) is 1.25. The molecule has 3 heterocycles. The molecule has 0 aromatic carbocycles. The molecule has 2 saturated heterocycles. The molecule has 2 aliphatic heterocycles. The second-order valence-electron chi connectivity index (χ2n) is 6.17. The van der Waals surface area contributed by atoms with Crippen molar-refractivity contribution in [2.45, 2.75) is 6.54 Å². The maximum absolute atomic E-state index is 9.67. The molecular weight excluding hydrogens is 266 g/mol. The van der Waals surface area contributed by atoms with Crippen molar-refractivity contribution in [3.8, 4) is 0 Å². The molecule has 5 nitrogen and oxygen atoms in total. The molecule has 0 amide bonds. The minimum Gasteiger partial charge on any atom is -0.396 e. The zero-order valence-electron chi connectivity index (χ0n) is 12.5. The second kappa shape index (κ2) is 7.31. The lowest BCUT2D eigenvalue weighted by Gasteiger charge is -2.30. The van der Waals surface area contributed by atoms with Gasteiger partial charge in [-0.25, -0.2) is 0 Å². The van der Waals surface area contributed by atoms with Crippen molar-refractivity contribution in [1.82, 2.24) is 14.8 Å². The molecule has 5 heteroatoms. The van der Waals surface area contributed by atoms with Gasteiger partial charge in [-0.1, -0.05) is 6.07 Å². The molecule has 0 spiro atoms. The molecule has 116 valence electrons. The van der Waals surface area contributed by atoms with Crippen LogP contribution in [-0.4, -0.2) is 72.4 Å². The van der Waals surface area contributed by atoms with E-state index in [-0.39, 0.29) is 0 Å². The third-order valence-corrected chi connectivity index (χ3v) is 4.61. The van der Waals surface area contributed by atoms with Gasteiger partial charge in [-0.2, -0.15) is 0 Å². The van der Waals surface area contributed by atoms with Gasteiger partial charge in [0.2, 0.25) is 0 Å². The molecule has 3 rings (SSSR count). The van der Waals surface area contributed by atoms with Gasteiger partial charge in [-0.3, -0.25) is 14.8 Å². The molecule has 1 N–H and O–H groups in total. The highest BCUT2D eigenvalue weighted by Crippen LogP contribution is 2.25. The highest BCUT2D eigenvalue weighted by atomic mass is 16.5. The number of aliphatic hydroxyl groups is 1. The molecule has 2 aliphatic rings. The first-order valence-electron chi connectivity index (χ1n) is 7.87. The topological polar surface area (TPSA) is 48.8 Å². The first-order valence-corrected chi connectivity index (χ1v) is 7.87. The lowest BCUT2D eigenvalue weighted by atomic mass is 9.96. The Hall–Kier alpha value is -1.01. The van der Waals surface area contributed by atoms with E-state index >= 15 is 0 Å². The number of hydrogen-bond acceptors (Lipinski definition) is 5. The van der Waals surface area contributed by atoms with Crippen LogP contribution in [0.3, 0.4) is 0 Å². The number of rotatable bonds is 5. The fourth-order valence-electron chi connectivity index (χ4n) is 3.44. The highest BCUT2D eigenvalue weighted by molar-refractivity contribution is 5.08. The van der Waals surface area contributed by atoms with Crippen molar-refractivity contribution in [1.29, 1.82) is 0 Å². The predicted molar refractivity (Wildman–Crippen MR) is 80.8 cm³/mol. The number of hydrogen-bond donors (Lipinski definition) is 1. The number of ether oxygens (including phenoxy) is 1. The van der Waals surface area contributed by atoms with E-state index in [1.165, 1.54) is 5.56 Å². The maximum Gasteiger partial charge on any atom is 0.0594 e. The first-order chi connectivity index (χ1) is 10.3. The SMILES string of the molecule is OC[C@@H]1CN(Cc2cccnc2)C[C@@H]1CN1CCOCC1. The maximum atomic E-state index is 9.67. The van der Waals surface area contributed by atoms with Crippen LogP contribution >= 0.6 is 0 Å². The molecule has 2 fully saturated rings. The molecule has 0 radical (unpaired) electrons. The number of pyridine rings is 1. The van der Waals surface area contributed by atoms with Gasteiger partial charge in [0.15, 0.2) is 0 Å². The molecule has 21 heavy (non-hydrogen) atoms. The van der Waals surface area contributed by atoms with Crippen LogP contribution in [0.5, 0.6) is 0 Å². The summed E-state index contributed by atoms with van der Waals surface area (Å²) in [6.45, 7) is 8.10. The van der Waals surface area contributed by atoms with Crippen LogP contribution in [0.2, 0.25) is 0 Å². The van der Waals surface area contributed by atoms with Gasteiger partial charge < -0.3 is 9.84 Å². The monoisotopic (exact) mass is 291 g/mol. The van der Waals surface area contributed by atoms with Gasteiger partial charge in [-0.15, -0.1) is 0 Å². The zero-order valence-corrected chi connectivity index (χ0v) is 12.5. The Bertz CT molecular complexity index is 423. The molecule has 2 atom stereocenters. The average Bonchev–Trinajstić information content (AvgIpc) is 2.91. The van der Waals surface area contributed by atoms with Crippen molar-refractivity contribution in [2.75, 3.05) is 52.5 Å². The van der Waals surface area contributed by atoms with E-state index < -0.39 is 0 Å². The summed E-state index contributed by atoms with van der Waals surface area (Å²) < 4.78 is 5.41. The van der Waals surface area contributed by atoms with Crippen LogP contribution in [0.15, 0.2) is 24.5 Å². The summed E-state index contributed by atoms with van der Waals surface area (Å²) in [4.78, 5) is 9.10.